The van der Waals surface area contributed by atoms with E-state index in [4.69, 9.17) is 34.4 Å². The lowest BCUT2D eigenvalue weighted by Gasteiger charge is -2.28. The maximum Gasteiger partial charge on any atom is 0.326 e. The molecular weight excluding hydrogens is 752 g/mol. The number of aromatic nitrogens is 1. The molecule has 1 aliphatic rings. The van der Waals surface area contributed by atoms with Crippen LogP contribution in [0.25, 0.3) is 10.9 Å². The standard InChI is InChI=1S/C37H60N14O7/c1-21(34(56)51-18-8-14-29(51)35(57)58)47-31(53)27(12-6-16-44-36(40)41)49-33(55)28(13-7-17-45-37(42)43)50-32(54)26(11-4-5-15-38)48-30(52)24(39)19-22-20-46-25-10-3-2-9-23(22)25/h2-3,9-10,20-21,24,26-29,46H,4-8,11-19,38-39H2,1H3,(H,47,53)(H,48,52)(H,49,55)(H,50,54)(H,57,58)(H4,40,41,44)(H4,42,43,45)/t21-,24-,26-,27-,28-,29-/m0/s1. The first-order chi connectivity index (χ1) is 27.6. The number of likely N-dealkylation sites (tertiary alicyclic amines) is 1. The largest absolute Gasteiger partial charge is 0.480 e. The zero-order valence-corrected chi connectivity index (χ0v) is 33.0. The number of fused-ring (bicyclic) bond motifs is 1. The minimum atomic E-state index is -1.23. The van der Waals surface area contributed by atoms with Gasteiger partial charge in [0.25, 0.3) is 0 Å². The number of hydrogen-bond acceptors (Lipinski definition) is 10. The molecule has 5 amide bonds. The number of nitrogens with one attached hydrogen (secondary N) is 5. The number of carboxylic acid groups (broad SMARTS) is 1. The van der Waals surface area contributed by atoms with Gasteiger partial charge in [-0.05, 0) is 89.3 Å². The van der Waals surface area contributed by atoms with Crippen molar-refractivity contribution in [2.45, 2.75) is 107 Å². The van der Waals surface area contributed by atoms with Crippen molar-refractivity contribution in [1.82, 2.24) is 31.2 Å². The molecule has 21 heteroatoms. The lowest BCUT2D eigenvalue weighted by molar-refractivity contribution is -0.149. The average molecular weight is 813 g/mol. The van der Waals surface area contributed by atoms with Gasteiger partial charge in [-0.2, -0.15) is 0 Å². The average Bonchev–Trinajstić information content (AvgIpc) is 3.84. The zero-order chi connectivity index (χ0) is 42.8. The van der Waals surface area contributed by atoms with Crippen LogP contribution in [0.2, 0.25) is 0 Å². The van der Waals surface area contributed by atoms with Crippen molar-refractivity contribution in [3.8, 4) is 0 Å². The van der Waals surface area contributed by atoms with Gasteiger partial charge >= 0.3 is 5.97 Å². The Morgan fingerprint density at radius 1 is 0.810 bits per heavy atom. The summed E-state index contributed by atoms with van der Waals surface area (Å²) in [7, 11) is 0. The number of guanidine groups is 2. The van der Waals surface area contributed by atoms with Gasteiger partial charge in [0.1, 0.15) is 30.2 Å². The highest BCUT2D eigenvalue weighted by Gasteiger charge is 2.37. The SMILES string of the molecule is C[C@H](NC(=O)[C@H](CCCN=C(N)N)NC(=O)[C@H](CCCN=C(N)N)NC(=O)[C@H](CCCCN)NC(=O)[C@@H](N)Cc1c[nH]c2ccccc12)C(=O)N1CCC[C@H]1C(=O)O. The third-order valence-corrected chi connectivity index (χ3v) is 9.74. The Bertz CT molecular complexity index is 1770. The topological polar surface area (TPSA) is 371 Å². The molecular formula is C37H60N14O7. The summed E-state index contributed by atoms with van der Waals surface area (Å²) in [6.45, 7) is 2.24. The molecule has 18 N–H and O–H groups in total. The molecule has 21 nitrogen and oxygen atoms in total. The van der Waals surface area contributed by atoms with Crippen LogP contribution in [0, 0.1) is 0 Å². The second kappa shape index (κ2) is 23.3. The van der Waals surface area contributed by atoms with Gasteiger partial charge in [-0.1, -0.05) is 18.2 Å². The Balaban J connectivity index is 1.80. The summed E-state index contributed by atoms with van der Waals surface area (Å²) in [5.41, 5.74) is 35.6. The van der Waals surface area contributed by atoms with Crippen LogP contribution in [0.3, 0.4) is 0 Å². The normalized spacial score (nSPS) is 16.3. The van der Waals surface area contributed by atoms with Gasteiger partial charge in [0.05, 0.1) is 6.04 Å². The van der Waals surface area contributed by atoms with E-state index in [-0.39, 0.29) is 76.5 Å². The number of rotatable bonds is 24. The lowest BCUT2D eigenvalue weighted by Crippen LogP contribution is -2.59. The van der Waals surface area contributed by atoms with Gasteiger partial charge < -0.3 is 70.7 Å². The van der Waals surface area contributed by atoms with Crippen LogP contribution in [-0.4, -0.2) is 125 Å². The molecule has 0 unspecified atom stereocenters. The monoisotopic (exact) mass is 812 g/mol. The first kappa shape index (κ1) is 46.4. The molecule has 6 atom stereocenters. The van der Waals surface area contributed by atoms with Gasteiger partial charge in [0.15, 0.2) is 11.9 Å². The number of aliphatic imine (C=N–C) groups is 2. The first-order valence-corrected chi connectivity index (χ1v) is 19.5. The minimum Gasteiger partial charge on any atom is -0.480 e. The molecule has 0 saturated carbocycles. The van der Waals surface area contributed by atoms with E-state index in [1.54, 1.807) is 6.20 Å². The molecule has 1 aliphatic heterocycles. The van der Waals surface area contributed by atoms with E-state index in [1.165, 1.54) is 11.8 Å². The minimum absolute atomic E-state index is 0.0253. The summed E-state index contributed by atoms with van der Waals surface area (Å²) in [4.78, 5) is 92.1. The first-order valence-electron chi connectivity index (χ1n) is 19.5. The number of nitrogens with two attached hydrogens (primary N) is 6. The highest BCUT2D eigenvalue weighted by atomic mass is 16.4. The second-order valence-electron chi connectivity index (χ2n) is 14.3. The van der Waals surface area contributed by atoms with E-state index in [9.17, 15) is 33.9 Å². The molecule has 2 aromatic rings. The van der Waals surface area contributed by atoms with Crippen LogP contribution in [0.4, 0.5) is 0 Å². The number of unbranched alkanes of at least 4 members (excludes halogenated alkanes) is 1. The summed E-state index contributed by atoms with van der Waals surface area (Å²) in [5.74, 6) is -4.77. The molecule has 58 heavy (non-hydrogen) atoms. The van der Waals surface area contributed by atoms with Crippen molar-refractivity contribution >= 4 is 58.3 Å². The molecule has 1 saturated heterocycles. The molecule has 3 rings (SSSR count). The van der Waals surface area contributed by atoms with Crippen molar-refractivity contribution in [1.29, 1.82) is 0 Å². The van der Waals surface area contributed by atoms with Crippen molar-refractivity contribution in [3.63, 3.8) is 0 Å². The molecule has 320 valence electrons. The van der Waals surface area contributed by atoms with E-state index >= 15 is 0 Å². The van der Waals surface area contributed by atoms with Crippen molar-refractivity contribution in [2.24, 2.45) is 44.4 Å². The van der Waals surface area contributed by atoms with Gasteiger partial charge in [0, 0.05) is 36.7 Å². The maximum atomic E-state index is 14.0. The fourth-order valence-electron chi connectivity index (χ4n) is 6.67. The third-order valence-electron chi connectivity index (χ3n) is 9.74. The molecule has 1 aromatic carbocycles. The van der Waals surface area contributed by atoms with Crippen molar-refractivity contribution in [2.75, 3.05) is 26.2 Å². The van der Waals surface area contributed by atoms with Gasteiger partial charge in [-0.25, -0.2) is 4.79 Å². The Morgan fingerprint density at radius 2 is 1.34 bits per heavy atom. The number of carbonyl (C=O) groups excluding carboxylic acids is 5. The Labute approximate surface area is 336 Å². The molecule has 1 aromatic heterocycles. The smallest absolute Gasteiger partial charge is 0.326 e. The molecule has 1 fully saturated rings. The number of benzene rings is 1. The maximum absolute atomic E-state index is 14.0. The molecule has 2 heterocycles. The molecule has 0 spiro atoms. The predicted octanol–water partition coefficient (Wildman–Crippen LogP) is -2.69. The van der Waals surface area contributed by atoms with Crippen LogP contribution < -0.4 is 55.7 Å². The second-order valence-corrected chi connectivity index (χ2v) is 14.3. The van der Waals surface area contributed by atoms with E-state index in [0.29, 0.717) is 25.8 Å². The quantitative estimate of drug-likeness (QED) is 0.0292. The number of aromatic amines is 1. The Hall–Kier alpha value is -5.96. The highest BCUT2D eigenvalue weighted by Crippen LogP contribution is 2.20. The van der Waals surface area contributed by atoms with Crippen LogP contribution in [0.5, 0.6) is 0 Å². The summed E-state index contributed by atoms with van der Waals surface area (Å²) in [5, 5.41) is 21.2. The van der Waals surface area contributed by atoms with E-state index in [2.05, 4.69) is 36.2 Å². The number of amides is 5. The van der Waals surface area contributed by atoms with Crippen LogP contribution in [0.1, 0.15) is 70.3 Å². The molecule has 0 aliphatic carbocycles. The molecule has 0 radical (unpaired) electrons. The molecule has 0 bridgehead atoms. The fraction of sp³-hybridized carbons (Fsp3) is 0.568. The number of aliphatic carboxylic acids is 1. The number of carboxylic acids is 1. The highest BCUT2D eigenvalue weighted by molar-refractivity contribution is 5.96. The lowest BCUT2D eigenvalue weighted by atomic mass is 10.0. The van der Waals surface area contributed by atoms with E-state index in [0.717, 1.165) is 16.5 Å². The zero-order valence-electron chi connectivity index (χ0n) is 33.0. The predicted molar refractivity (Wildman–Crippen MR) is 218 cm³/mol. The third kappa shape index (κ3) is 14.5. The number of H-pyrrole nitrogens is 1. The van der Waals surface area contributed by atoms with Gasteiger partial charge in [0.2, 0.25) is 29.5 Å². The number of nitrogens with zero attached hydrogens (tertiary/aromatic N) is 3. The van der Waals surface area contributed by atoms with Crippen molar-refractivity contribution < 1.29 is 33.9 Å². The Morgan fingerprint density at radius 3 is 1.90 bits per heavy atom. The number of carbonyl (C=O) groups is 6. The van der Waals surface area contributed by atoms with Crippen LogP contribution in [0.15, 0.2) is 40.4 Å². The number of hydrogen-bond donors (Lipinski definition) is 12. The van der Waals surface area contributed by atoms with Crippen molar-refractivity contribution in [3.05, 3.63) is 36.0 Å². The van der Waals surface area contributed by atoms with Gasteiger partial charge in [-0.15, -0.1) is 0 Å². The van der Waals surface area contributed by atoms with Crippen LogP contribution >= 0.6 is 0 Å². The summed E-state index contributed by atoms with van der Waals surface area (Å²) in [6, 6.07) is 0.888. The van der Waals surface area contributed by atoms with Crippen LogP contribution in [-0.2, 0) is 35.2 Å². The fourth-order valence-corrected chi connectivity index (χ4v) is 6.67. The summed E-state index contributed by atoms with van der Waals surface area (Å²) in [6.07, 6.45) is 4.53. The van der Waals surface area contributed by atoms with E-state index < -0.39 is 71.8 Å². The Kier molecular flexibility index (Phi) is 18.7. The van der Waals surface area contributed by atoms with Gasteiger partial charge in [-0.3, -0.25) is 34.0 Å². The number of para-hydroxylation sites is 1. The van der Waals surface area contributed by atoms with E-state index in [1.807, 2.05) is 24.3 Å². The summed E-state index contributed by atoms with van der Waals surface area (Å²) < 4.78 is 0. The summed E-state index contributed by atoms with van der Waals surface area (Å²) >= 11 is 0.